The van der Waals surface area contributed by atoms with Crippen LogP contribution in [0.4, 0.5) is 0 Å². The summed E-state index contributed by atoms with van der Waals surface area (Å²) in [5.41, 5.74) is 5.71. The van der Waals surface area contributed by atoms with Gasteiger partial charge >= 0.3 is 0 Å². The zero-order valence-corrected chi connectivity index (χ0v) is 9.29. The maximum atomic E-state index is 11.4. The van der Waals surface area contributed by atoms with E-state index in [0.717, 1.165) is 6.42 Å². The largest absolute Gasteiger partial charge is 0.391 e. The number of aliphatic hydroxyl groups excluding tert-OH is 1. The molecule has 3 atom stereocenters. The van der Waals surface area contributed by atoms with Gasteiger partial charge in [-0.05, 0) is 12.3 Å². The van der Waals surface area contributed by atoms with E-state index in [0.29, 0.717) is 13.0 Å². The molecule has 0 aromatic heterocycles. The number of nitrogens with two attached hydrogens (primary N) is 1. The van der Waals surface area contributed by atoms with Crippen molar-refractivity contribution in [2.24, 2.45) is 11.7 Å². The molecule has 0 saturated carbocycles. The van der Waals surface area contributed by atoms with E-state index >= 15 is 0 Å². The molecule has 0 aromatic carbocycles. The summed E-state index contributed by atoms with van der Waals surface area (Å²) in [6, 6.07) is -0.468. The molecule has 0 aliphatic rings. The number of aliphatic hydroxyl groups is 1. The highest BCUT2D eigenvalue weighted by Crippen LogP contribution is 2.04. The fourth-order valence-electron chi connectivity index (χ4n) is 0.993. The van der Waals surface area contributed by atoms with Crippen molar-refractivity contribution < 1.29 is 9.90 Å². The quantitative estimate of drug-likeness (QED) is 0.578. The van der Waals surface area contributed by atoms with Gasteiger partial charge in [0, 0.05) is 6.54 Å². The third kappa shape index (κ3) is 4.58. The molecule has 0 rings (SSSR count). The van der Waals surface area contributed by atoms with Crippen molar-refractivity contribution >= 4 is 5.91 Å². The number of nitrogens with one attached hydrogen (secondary N) is 1. The number of hydrogen-bond acceptors (Lipinski definition) is 3. The molecule has 1 amide bonds. The Labute approximate surface area is 85.9 Å². The van der Waals surface area contributed by atoms with Gasteiger partial charge in [-0.25, -0.2) is 0 Å². The number of amides is 1. The lowest BCUT2D eigenvalue weighted by molar-refractivity contribution is -0.123. The molecule has 0 fully saturated rings. The van der Waals surface area contributed by atoms with Gasteiger partial charge in [0.25, 0.3) is 0 Å². The summed E-state index contributed by atoms with van der Waals surface area (Å²) in [5.74, 6) is 0.000574. The Kier molecular flexibility index (Phi) is 6.49. The maximum absolute atomic E-state index is 11.4. The van der Waals surface area contributed by atoms with Crippen LogP contribution in [0.1, 0.15) is 33.6 Å². The molecule has 0 bridgehead atoms. The fraction of sp³-hybridized carbons (Fsp3) is 0.900. The van der Waals surface area contributed by atoms with Crippen LogP contribution in [0.3, 0.4) is 0 Å². The van der Waals surface area contributed by atoms with Gasteiger partial charge < -0.3 is 16.2 Å². The van der Waals surface area contributed by atoms with Gasteiger partial charge in [-0.3, -0.25) is 4.79 Å². The summed E-state index contributed by atoms with van der Waals surface area (Å²) in [6.45, 7) is 6.10. The van der Waals surface area contributed by atoms with Crippen molar-refractivity contribution in [2.45, 2.75) is 45.8 Å². The first-order chi connectivity index (χ1) is 6.52. The first kappa shape index (κ1) is 13.4. The van der Waals surface area contributed by atoms with Crippen LogP contribution in [0.2, 0.25) is 0 Å². The molecule has 0 radical (unpaired) electrons. The molecule has 0 aromatic rings. The van der Waals surface area contributed by atoms with Gasteiger partial charge in [-0.15, -0.1) is 0 Å². The van der Waals surface area contributed by atoms with E-state index in [-0.39, 0.29) is 11.8 Å². The van der Waals surface area contributed by atoms with E-state index in [4.69, 9.17) is 5.73 Å². The van der Waals surface area contributed by atoms with Gasteiger partial charge in [0.05, 0.1) is 12.1 Å². The number of hydrogen-bond donors (Lipinski definition) is 3. The predicted octanol–water partition coefficient (Wildman–Crippen LogP) is 0.247. The molecule has 4 heteroatoms. The lowest BCUT2D eigenvalue weighted by Gasteiger charge is -2.18. The second kappa shape index (κ2) is 6.79. The lowest BCUT2D eigenvalue weighted by atomic mass is 9.99. The number of carbonyl (C=O) groups excluding carboxylic acids is 1. The van der Waals surface area contributed by atoms with E-state index in [1.807, 2.05) is 20.8 Å². The fourth-order valence-corrected chi connectivity index (χ4v) is 0.993. The van der Waals surface area contributed by atoms with Crippen LogP contribution in [0.25, 0.3) is 0 Å². The molecule has 1 unspecified atom stereocenters. The van der Waals surface area contributed by atoms with E-state index < -0.39 is 12.1 Å². The average Bonchev–Trinajstić information content (AvgIpc) is 2.22. The summed E-state index contributed by atoms with van der Waals surface area (Å²) >= 11 is 0. The standard InChI is InChI=1S/C10H22N2O2/c1-4-7(3)9(11)10(14)12-6-8(13)5-2/h7-9,13H,4-6,11H2,1-3H3,(H,12,14)/t7-,8?,9-/m0/s1. The highest BCUT2D eigenvalue weighted by Gasteiger charge is 2.19. The molecule has 0 spiro atoms. The van der Waals surface area contributed by atoms with Crippen LogP contribution in [0.15, 0.2) is 0 Å². The third-order valence-electron chi connectivity index (χ3n) is 2.54. The Morgan fingerprint density at radius 2 is 2.00 bits per heavy atom. The van der Waals surface area contributed by atoms with Crippen LogP contribution in [0, 0.1) is 5.92 Å². The van der Waals surface area contributed by atoms with Crippen LogP contribution in [-0.2, 0) is 4.79 Å². The minimum Gasteiger partial charge on any atom is -0.391 e. The molecule has 0 aliphatic heterocycles. The van der Waals surface area contributed by atoms with Crippen molar-refractivity contribution in [3.8, 4) is 0 Å². The highest BCUT2D eigenvalue weighted by atomic mass is 16.3. The predicted molar refractivity (Wildman–Crippen MR) is 56.7 cm³/mol. The minimum atomic E-state index is -0.469. The second-order valence-electron chi connectivity index (χ2n) is 3.72. The van der Waals surface area contributed by atoms with Gasteiger partial charge in [0.15, 0.2) is 0 Å². The number of carbonyl (C=O) groups is 1. The monoisotopic (exact) mass is 202 g/mol. The summed E-state index contributed by atoms with van der Waals surface area (Å²) in [4.78, 5) is 11.4. The van der Waals surface area contributed by atoms with E-state index in [1.54, 1.807) is 0 Å². The number of rotatable bonds is 6. The van der Waals surface area contributed by atoms with E-state index in [1.165, 1.54) is 0 Å². The summed E-state index contributed by atoms with van der Waals surface area (Å²) in [6.07, 6.45) is 1.05. The molecule has 84 valence electrons. The first-order valence-electron chi connectivity index (χ1n) is 5.24. The van der Waals surface area contributed by atoms with Crippen molar-refractivity contribution in [1.29, 1.82) is 0 Å². The van der Waals surface area contributed by atoms with Crippen LogP contribution >= 0.6 is 0 Å². The Morgan fingerprint density at radius 3 is 2.43 bits per heavy atom. The van der Waals surface area contributed by atoms with E-state index in [9.17, 15) is 9.90 Å². The molecular weight excluding hydrogens is 180 g/mol. The molecule has 0 heterocycles. The van der Waals surface area contributed by atoms with Gasteiger partial charge in [-0.2, -0.15) is 0 Å². The van der Waals surface area contributed by atoms with Gasteiger partial charge in [0.2, 0.25) is 5.91 Å². The topological polar surface area (TPSA) is 75.3 Å². The van der Waals surface area contributed by atoms with Crippen LogP contribution < -0.4 is 11.1 Å². The molecule has 0 saturated heterocycles. The molecule has 14 heavy (non-hydrogen) atoms. The Morgan fingerprint density at radius 1 is 1.43 bits per heavy atom. The second-order valence-corrected chi connectivity index (χ2v) is 3.72. The Balaban J connectivity index is 3.84. The van der Waals surface area contributed by atoms with Gasteiger partial charge in [0.1, 0.15) is 0 Å². The molecule has 0 aliphatic carbocycles. The van der Waals surface area contributed by atoms with Crippen molar-refractivity contribution in [3.05, 3.63) is 0 Å². The van der Waals surface area contributed by atoms with Crippen LogP contribution in [-0.4, -0.2) is 29.7 Å². The zero-order chi connectivity index (χ0) is 11.1. The summed E-state index contributed by atoms with van der Waals surface area (Å²) in [7, 11) is 0. The van der Waals surface area contributed by atoms with Crippen LogP contribution in [0.5, 0.6) is 0 Å². The Bertz CT molecular complexity index is 174. The maximum Gasteiger partial charge on any atom is 0.237 e. The smallest absolute Gasteiger partial charge is 0.237 e. The average molecular weight is 202 g/mol. The summed E-state index contributed by atoms with van der Waals surface area (Å²) < 4.78 is 0. The molecule has 4 N–H and O–H groups in total. The highest BCUT2D eigenvalue weighted by molar-refractivity contribution is 5.81. The summed E-state index contributed by atoms with van der Waals surface area (Å²) in [5, 5.41) is 11.9. The Hall–Kier alpha value is -0.610. The van der Waals surface area contributed by atoms with Crippen molar-refractivity contribution in [1.82, 2.24) is 5.32 Å². The minimum absolute atomic E-state index is 0.174. The lowest BCUT2D eigenvalue weighted by Crippen LogP contribution is -2.46. The van der Waals surface area contributed by atoms with Crippen molar-refractivity contribution in [2.75, 3.05) is 6.54 Å². The van der Waals surface area contributed by atoms with Gasteiger partial charge in [-0.1, -0.05) is 27.2 Å². The zero-order valence-electron chi connectivity index (χ0n) is 9.29. The van der Waals surface area contributed by atoms with E-state index in [2.05, 4.69) is 5.32 Å². The third-order valence-corrected chi connectivity index (χ3v) is 2.54. The molecular formula is C10H22N2O2. The normalized spacial score (nSPS) is 17.2. The SMILES string of the molecule is CCC(O)CNC(=O)[C@@H](N)[C@@H](C)CC. The van der Waals surface area contributed by atoms with Crippen molar-refractivity contribution in [3.63, 3.8) is 0 Å². The first-order valence-corrected chi connectivity index (χ1v) is 5.24. The molecule has 4 nitrogen and oxygen atoms in total.